The minimum Gasteiger partial charge on any atom is -0.376 e. The zero-order valence-corrected chi connectivity index (χ0v) is 23.9. The number of rotatable bonds is 12. The Hall–Kier alpha value is -2.44. The third kappa shape index (κ3) is 8.04. The first kappa shape index (κ1) is 28.1. The molecule has 39 heavy (non-hydrogen) atoms. The molecule has 2 aliphatic rings. The average molecular weight is 585 g/mol. The number of hydrogen-bond acceptors (Lipinski definition) is 9. The minimum absolute atomic E-state index is 0.0706. The van der Waals surface area contributed by atoms with Crippen LogP contribution in [0.1, 0.15) is 47.3 Å². The minimum atomic E-state index is -0.474. The van der Waals surface area contributed by atoms with E-state index in [2.05, 4.69) is 20.8 Å². The van der Waals surface area contributed by atoms with E-state index in [1.807, 2.05) is 60.7 Å². The van der Waals surface area contributed by atoms with Crippen LogP contribution in [-0.2, 0) is 19.1 Å². The zero-order chi connectivity index (χ0) is 26.9. The summed E-state index contributed by atoms with van der Waals surface area (Å²) >= 11 is 4.14. The molecule has 1 aromatic heterocycles. The molecule has 2 N–H and O–H groups in total. The van der Waals surface area contributed by atoms with Crippen LogP contribution in [0.3, 0.4) is 0 Å². The normalized spacial score (nSPS) is 20.4. The second-order valence-electron chi connectivity index (χ2n) is 9.41. The lowest BCUT2D eigenvalue weighted by Gasteiger charge is -2.18. The van der Waals surface area contributed by atoms with E-state index in [9.17, 15) is 9.59 Å². The fourth-order valence-electron chi connectivity index (χ4n) is 4.52. The first-order valence-corrected chi connectivity index (χ1v) is 15.8. The lowest BCUT2D eigenvalue weighted by molar-refractivity contribution is -0.122. The van der Waals surface area contributed by atoms with Gasteiger partial charge in [0.2, 0.25) is 11.8 Å². The highest BCUT2D eigenvalue weighted by atomic mass is 32.2. The highest BCUT2D eigenvalue weighted by Crippen LogP contribution is 2.42. The number of aromatic nitrogens is 2. The van der Waals surface area contributed by atoms with Gasteiger partial charge in [-0.25, -0.2) is 0 Å². The van der Waals surface area contributed by atoms with E-state index in [0.717, 1.165) is 50.0 Å². The quantitative estimate of drug-likeness (QED) is 0.293. The maximum Gasteiger partial charge on any atom is 0.238 e. The van der Waals surface area contributed by atoms with Gasteiger partial charge < -0.3 is 20.1 Å². The maximum atomic E-state index is 13.2. The van der Waals surface area contributed by atoms with Crippen LogP contribution in [0, 0.1) is 0 Å². The van der Waals surface area contributed by atoms with Gasteiger partial charge in [-0.05, 0) is 36.8 Å². The predicted molar refractivity (Wildman–Crippen MR) is 154 cm³/mol. The van der Waals surface area contributed by atoms with Crippen molar-refractivity contribution in [3.05, 3.63) is 71.8 Å². The molecule has 0 radical (unpaired) electrons. The van der Waals surface area contributed by atoms with Gasteiger partial charge in [-0.1, -0.05) is 95.5 Å². The Balaban J connectivity index is 1.26. The third-order valence-corrected chi connectivity index (χ3v) is 10.2. The van der Waals surface area contributed by atoms with E-state index in [1.165, 1.54) is 34.9 Å². The number of ether oxygens (including phenoxy) is 2. The Kier molecular flexibility index (Phi) is 10.3. The number of benzene rings is 2. The summed E-state index contributed by atoms with van der Waals surface area (Å²) in [4.78, 5) is 26.5. The van der Waals surface area contributed by atoms with E-state index in [4.69, 9.17) is 9.47 Å². The molecule has 5 rings (SSSR count). The summed E-state index contributed by atoms with van der Waals surface area (Å²) in [5.41, 5.74) is 1.79. The number of nitrogens with zero attached hydrogens (tertiary/aromatic N) is 2. The molecule has 2 amide bonds. The van der Waals surface area contributed by atoms with Crippen LogP contribution in [0.4, 0.5) is 0 Å². The van der Waals surface area contributed by atoms with Crippen LogP contribution in [0.2, 0.25) is 0 Å². The van der Waals surface area contributed by atoms with Crippen LogP contribution in [0.5, 0.6) is 0 Å². The number of carbonyl (C=O) groups is 2. The standard InChI is InChI=1S/C28H32N4O4S3/c33-25(29-17-21-13-7-15-35-21)23(19-9-3-1-4-10-19)37-27-31-32-28(39-27)38-24(20-11-5-2-6-12-20)26(34)30-18-22-14-8-16-36-22/h1-6,9-12,21-24H,7-8,13-18H2,(H,29,33)(H,30,34). The van der Waals surface area contributed by atoms with Crippen molar-refractivity contribution in [2.24, 2.45) is 0 Å². The van der Waals surface area contributed by atoms with Crippen LogP contribution >= 0.6 is 34.9 Å². The van der Waals surface area contributed by atoms with Gasteiger partial charge in [-0.15, -0.1) is 10.2 Å². The van der Waals surface area contributed by atoms with Crippen molar-refractivity contribution in [3.8, 4) is 0 Å². The second kappa shape index (κ2) is 14.3. The molecule has 206 valence electrons. The van der Waals surface area contributed by atoms with Gasteiger partial charge in [0, 0.05) is 26.3 Å². The first-order chi connectivity index (χ1) is 19.2. The van der Waals surface area contributed by atoms with Gasteiger partial charge in [-0.3, -0.25) is 9.59 Å². The lowest BCUT2D eigenvalue weighted by Crippen LogP contribution is -2.34. The number of hydrogen-bond donors (Lipinski definition) is 2. The molecule has 11 heteroatoms. The molecule has 2 fully saturated rings. The number of thioether (sulfide) groups is 2. The third-order valence-electron chi connectivity index (χ3n) is 6.56. The van der Waals surface area contributed by atoms with Crippen molar-refractivity contribution in [2.45, 2.75) is 57.1 Å². The Bertz CT molecular complexity index is 1110. The van der Waals surface area contributed by atoms with Crippen LogP contribution < -0.4 is 10.6 Å². The molecule has 0 aliphatic carbocycles. The van der Waals surface area contributed by atoms with E-state index < -0.39 is 10.5 Å². The number of amides is 2. The van der Waals surface area contributed by atoms with Crippen molar-refractivity contribution < 1.29 is 19.1 Å². The number of nitrogens with one attached hydrogen (secondary N) is 2. The van der Waals surface area contributed by atoms with Crippen molar-refractivity contribution >= 4 is 46.7 Å². The Labute approximate surface area is 241 Å². The van der Waals surface area contributed by atoms with E-state index in [0.29, 0.717) is 21.8 Å². The SMILES string of the molecule is O=C(NCC1CCCO1)C(Sc1nnc(SC(C(=O)NCC2CCCO2)c2ccccc2)s1)c1ccccc1. The van der Waals surface area contributed by atoms with E-state index in [1.54, 1.807) is 0 Å². The number of carbonyl (C=O) groups excluding carboxylic acids is 2. The molecule has 2 saturated heterocycles. The van der Waals surface area contributed by atoms with Gasteiger partial charge >= 0.3 is 0 Å². The summed E-state index contributed by atoms with van der Waals surface area (Å²) in [7, 11) is 0. The summed E-state index contributed by atoms with van der Waals surface area (Å²) < 4.78 is 12.7. The molecule has 3 aromatic rings. The first-order valence-electron chi connectivity index (χ1n) is 13.2. The summed E-state index contributed by atoms with van der Waals surface area (Å²) in [6.07, 6.45) is 4.12. The summed E-state index contributed by atoms with van der Waals surface area (Å²) in [6.45, 7) is 2.50. The van der Waals surface area contributed by atoms with Gasteiger partial charge in [0.05, 0.1) is 12.2 Å². The Morgan fingerprint density at radius 1 is 0.769 bits per heavy atom. The highest BCUT2D eigenvalue weighted by Gasteiger charge is 2.28. The molecule has 2 aliphatic heterocycles. The van der Waals surface area contributed by atoms with Crippen molar-refractivity contribution in [1.82, 2.24) is 20.8 Å². The molecule has 0 saturated carbocycles. The van der Waals surface area contributed by atoms with Crippen LogP contribution in [0.15, 0.2) is 69.3 Å². The molecule has 4 unspecified atom stereocenters. The maximum absolute atomic E-state index is 13.2. The summed E-state index contributed by atoms with van der Waals surface area (Å²) in [5, 5.41) is 13.9. The van der Waals surface area contributed by atoms with Crippen molar-refractivity contribution in [3.63, 3.8) is 0 Å². The zero-order valence-electron chi connectivity index (χ0n) is 21.5. The van der Waals surface area contributed by atoms with Crippen LogP contribution in [0.25, 0.3) is 0 Å². The van der Waals surface area contributed by atoms with Crippen LogP contribution in [-0.4, -0.2) is 60.5 Å². The topological polar surface area (TPSA) is 102 Å². The van der Waals surface area contributed by atoms with Gasteiger partial charge in [0.15, 0.2) is 8.68 Å². The Morgan fingerprint density at radius 3 is 1.59 bits per heavy atom. The van der Waals surface area contributed by atoms with Gasteiger partial charge in [0.1, 0.15) is 10.5 Å². The molecular weight excluding hydrogens is 553 g/mol. The monoisotopic (exact) mass is 584 g/mol. The molecule has 0 spiro atoms. The summed E-state index contributed by atoms with van der Waals surface area (Å²) in [6, 6.07) is 19.4. The molecular formula is C28H32N4O4S3. The highest BCUT2D eigenvalue weighted by molar-refractivity contribution is 8.04. The van der Waals surface area contributed by atoms with Gasteiger partial charge in [0.25, 0.3) is 0 Å². The fraction of sp³-hybridized carbons (Fsp3) is 0.429. The average Bonchev–Trinajstić information content (AvgIpc) is 3.77. The molecule has 2 aromatic carbocycles. The largest absolute Gasteiger partial charge is 0.376 e. The lowest BCUT2D eigenvalue weighted by atomic mass is 10.1. The molecule has 3 heterocycles. The molecule has 4 atom stereocenters. The van der Waals surface area contributed by atoms with Gasteiger partial charge in [-0.2, -0.15) is 0 Å². The second-order valence-corrected chi connectivity index (χ2v) is 13.1. The molecule has 0 bridgehead atoms. The molecule has 8 nitrogen and oxygen atoms in total. The summed E-state index contributed by atoms with van der Waals surface area (Å²) in [5.74, 6) is -0.163. The smallest absolute Gasteiger partial charge is 0.238 e. The van der Waals surface area contributed by atoms with E-state index >= 15 is 0 Å². The Morgan fingerprint density at radius 2 is 1.21 bits per heavy atom. The van der Waals surface area contributed by atoms with Crippen molar-refractivity contribution in [1.29, 1.82) is 0 Å². The fourth-order valence-corrected chi connectivity index (χ4v) is 7.97. The predicted octanol–water partition coefficient (Wildman–Crippen LogP) is 4.80. The van der Waals surface area contributed by atoms with Crippen molar-refractivity contribution in [2.75, 3.05) is 26.3 Å². The van der Waals surface area contributed by atoms with E-state index in [-0.39, 0.29) is 24.0 Å².